The first-order chi connectivity index (χ1) is 7.24. The smallest absolute Gasteiger partial charge is 0.130 e. The van der Waals surface area contributed by atoms with E-state index in [2.05, 4.69) is 26.1 Å². The van der Waals surface area contributed by atoms with E-state index < -0.39 is 0 Å². The molecule has 1 aromatic carbocycles. The van der Waals surface area contributed by atoms with Crippen molar-refractivity contribution in [3.63, 3.8) is 0 Å². The van der Waals surface area contributed by atoms with Gasteiger partial charge in [-0.15, -0.1) is 6.58 Å². The lowest BCUT2D eigenvalue weighted by Crippen LogP contribution is -2.00. The van der Waals surface area contributed by atoms with Crippen molar-refractivity contribution < 1.29 is 4.74 Å². The molecule has 1 nitrogen and oxygen atoms in total. The van der Waals surface area contributed by atoms with Crippen molar-refractivity contribution in [1.29, 1.82) is 0 Å². The molecular weight excluding hydrogens is 184 g/mol. The summed E-state index contributed by atoms with van der Waals surface area (Å²) < 4.78 is 5.66. The molecule has 0 radical (unpaired) electrons. The van der Waals surface area contributed by atoms with E-state index in [9.17, 15) is 0 Å². The van der Waals surface area contributed by atoms with Gasteiger partial charge in [-0.25, -0.2) is 0 Å². The van der Waals surface area contributed by atoms with Gasteiger partial charge in [0.25, 0.3) is 0 Å². The Morgan fingerprint density at radius 3 is 2.67 bits per heavy atom. The number of para-hydroxylation sites is 1. The van der Waals surface area contributed by atoms with Crippen LogP contribution in [0.4, 0.5) is 0 Å². The summed E-state index contributed by atoms with van der Waals surface area (Å²) >= 11 is 0. The van der Waals surface area contributed by atoms with Crippen LogP contribution in [0.5, 0.6) is 5.75 Å². The third kappa shape index (κ3) is 2.50. The zero-order chi connectivity index (χ0) is 11.3. The molecule has 0 amide bonds. The van der Waals surface area contributed by atoms with E-state index in [4.69, 9.17) is 4.74 Å². The Balaban J connectivity index is 3.23. The van der Waals surface area contributed by atoms with Gasteiger partial charge in [-0.3, -0.25) is 0 Å². The zero-order valence-electron chi connectivity index (χ0n) is 9.49. The van der Waals surface area contributed by atoms with Crippen LogP contribution in [0.1, 0.15) is 30.9 Å². The number of benzene rings is 1. The van der Waals surface area contributed by atoms with Crippen molar-refractivity contribution in [2.75, 3.05) is 6.61 Å². The third-order valence-electron chi connectivity index (χ3n) is 2.43. The Morgan fingerprint density at radius 1 is 1.40 bits per heavy atom. The quantitative estimate of drug-likeness (QED) is 0.655. The van der Waals surface area contributed by atoms with Crippen LogP contribution in [0, 0.1) is 0 Å². The minimum atomic E-state index is 0.298. The van der Waals surface area contributed by atoms with Crippen molar-refractivity contribution in [2.24, 2.45) is 0 Å². The van der Waals surface area contributed by atoms with E-state index in [1.807, 2.05) is 31.2 Å². The average molecular weight is 202 g/mol. The van der Waals surface area contributed by atoms with Gasteiger partial charge in [0, 0.05) is 17.0 Å². The van der Waals surface area contributed by atoms with Crippen LogP contribution >= 0.6 is 0 Å². The molecule has 0 N–H and O–H groups in total. The topological polar surface area (TPSA) is 9.23 Å². The molecule has 1 unspecified atom stereocenters. The molecule has 0 saturated heterocycles. The second kappa shape index (κ2) is 5.40. The molecular formula is C14H18O. The summed E-state index contributed by atoms with van der Waals surface area (Å²) in [7, 11) is 0. The van der Waals surface area contributed by atoms with E-state index in [1.165, 1.54) is 5.56 Å². The Hall–Kier alpha value is -1.50. The van der Waals surface area contributed by atoms with Crippen LogP contribution in [-0.4, -0.2) is 6.61 Å². The highest BCUT2D eigenvalue weighted by Gasteiger charge is 2.11. The van der Waals surface area contributed by atoms with Crippen molar-refractivity contribution >= 4 is 6.08 Å². The van der Waals surface area contributed by atoms with E-state index in [-0.39, 0.29) is 0 Å². The van der Waals surface area contributed by atoms with Gasteiger partial charge in [0.2, 0.25) is 0 Å². The summed E-state index contributed by atoms with van der Waals surface area (Å²) in [6.45, 7) is 12.4. The molecule has 1 aromatic rings. The van der Waals surface area contributed by atoms with Crippen LogP contribution in [-0.2, 0) is 0 Å². The molecule has 1 heteroatoms. The molecule has 0 fully saturated rings. The number of allylic oxidation sites excluding steroid dienone is 1. The normalized spacial score (nSPS) is 11.9. The molecule has 0 spiro atoms. The van der Waals surface area contributed by atoms with Crippen LogP contribution in [0.15, 0.2) is 37.4 Å². The molecule has 1 atom stereocenters. The predicted molar refractivity (Wildman–Crippen MR) is 66.3 cm³/mol. The number of rotatable bonds is 5. The van der Waals surface area contributed by atoms with Gasteiger partial charge in [-0.2, -0.15) is 0 Å². The lowest BCUT2D eigenvalue weighted by molar-refractivity contribution is 0.335. The van der Waals surface area contributed by atoms with E-state index in [1.54, 1.807) is 0 Å². The van der Waals surface area contributed by atoms with Crippen molar-refractivity contribution in [1.82, 2.24) is 0 Å². The van der Waals surface area contributed by atoms with Crippen LogP contribution in [0.25, 0.3) is 6.08 Å². The Morgan fingerprint density at radius 2 is 2.13 bits per heavy atom. The Bertz CT molecular complexity index is 352. The van der Waals surface area contributed by atoms with Crippen LogP contribution < -0.4 is 4.74 Å². The highest BCUT2D eigenvalue weighted by molar-refractivity contribution is 5.59. The second-order valence-electron chi connectivity index (χ2n) is 3.43. The summed E-state index contributed by atoms with van der Waals surface area (Å²) in [5.41, 5.74) is 2.22. The maximum absolute atomic E-state index is 5.66. The van der Waals surface area contributed by atoms with Gasteiger partial charge in [0.05, 0.1) is 6.61 Å². The van der Waals surface area contributed by atoms with E-state index >= 15 is 0 Å². The lowest BCUT2D eigenvalue weighted by Gasteiger charge is -2.15. The largest absolute Gasteiger partial charge is 0.493 e. The molecule has 0 aliphatic heterocycles. The number of ether oxygens (including phenoxy) is 1. The van der Waals surface area contributed by atoms with Crippen molar-refractivity contribution in [2.45, 2.75) is 19.8 Å². The van der Waals surface area contributed by atoms with Crippen LogP contribution in [0.2, 0.25) is 0 Å². The zero-order valence-corrected chi connectivity index (χ0v) is 9.49. The maximum atomic E-state index is 5.66. The standard InChI is InChI=1S/C14H18O/c1-5-11(4)13-10-8-9-12(6-2)14(13)15-7-3/h5-6,8-11H,1-2,7H2,3-4H3. The van der Waals surface area contributed by atoms with Gasteiger partial charge >= 0.3 is 0 Å². The summed E-state index contributed by atoms with van der Waals surface area (Å²) in [6.07, 6.45) is 3.75. The summed E-state index contributed by atoms with van der Waals surface area (Å²) in [5.74, 6) is 1.23. The molecule has 0 aliphatic rings. The third-order valence-corrected chi connectivity index (χ3v) is 2.43. The number of hydrogen-bond acceptors (Lipinski definition) is 1. The molecule has 0 aromatic heterocycles. The van der Waals surface area contributed by atoms with E-state index in [0.29, 0.717) is 12.5 Å². The summed E-state index contributed by atoms with van der Waals surface area (Å²) in [6, 6.07) is 6.11. The first-order valence-corrected chi connectivity index (χ1v) is 5.25. The van der Waals surface area contributed by atoms with Gasteiger partial charge in [0.1, 0.15) is 5.75 Å². The first kappa shape index (κ1) is 11.6. The SMILES string of the molecule is C=Cc1cccc(C(C)C=C)c1OCC. The summed E-state index contributed by atoms with van der Waals surface area (Å²) in [5, 5.41) is 0. The summed E-state index contributed by atoms with van der Waals surface area (Å²) in [4.78, 5) is 0. The molecule has 0 aliphatic carbocycles. The van der Waals surface area contributed by atoms with Crippen molar-refractivity contribution in [3.05, 3.63) is 48.6 Å². The Kier molecular flexibility index (Phi) is 4.17. The van der Waals surface area contributed by atoms with Crippen molar-refractivity contribution in [3.8, 4) is 5.75 Å². The molecule has 0 saturated carbocycles. The average Bonchev–Trinajstić information content (AvgIpc) is 2.28. The van der Waals surface area contributed by atoms with Gasteiger partial charge in [-0.05, 0) is 6.92 Å². The van der Waals surface area contributed by atoms with Gasteiger partial charge in [-0.1, -0.05) is 43.9 Å². The fraction of sp³-hybridized carbons (Fsp3) is 0.286. The monoisotopic (exact) mass is 202 g/mol. The maximum Gasteiger partial charge on any atom is 0.130 e. The number of hydrogen-bond donors (Lipinski definition) is 0. The van der Waals surface area contributed by atoms with E-state index in [0.717, 1.165) is 11.3 Å². The van der Waals surface area contributed by atoms with Gasteiger partial charge < -0.3 is 4.74 Å². The minimum absolute atomic E-state index is 0.298. The molecule has 80 valence electrons. The van der Waals surface area contributed by atoms with Gasteiger partial charge in [0.15, 0.2) is 0 Å². The molecule has 0 bridgehead atoms. The second-order valence-corrected chi connectivity index (χ2v) is 3.43. The Labute approximate surface area is 92.1 Å². The van der Waals surface area contributed by atoms with Crippen LogP contribution in [0.3, 0.4) is 0 Å². The fourth-order valence-corrected chi connectivity index (χ4v) is 1.53. The highest BCUT2D eigenvalue weighted by Crippen LogP contribution is 2.31. The molecule has 0 heterocycles. The molecule has 1 rings (SSSR count). The highest BCUT2D eigenvalue weighted by atomic mass is 16.5. The predicted octanol–water partition coefficient (Wildman–Crippen LogP) is 4.02. The first-order valence-electron chi connectivity index (χ1n) is 5.25. The minimum Gasteiger partial charge on any atom is -0.493 e. The lowest BCUT2D eigenvalue weighted by atomic mass is 9.97. The fourth-order valence-electron chi connectivity index (χ4n) is 1.53. The molecule has 15 heavy (non-hydrogen) atoms.